The largest absolute Gasteiger partial charge is 0.494 e. The van der Waals surface area contributed by atoms with Gasteiger partial charge in [-0.2, -0.15) is 5.10 Å². The van der Waals surface area contributed by atoms with Crippen LogP contribution in [0.2, 0.25) is 0 Å². The fourth-order valence-corrected chi connectivity index (χ4v) is 3.71. The lowest BCUT2D eigenvalue weighted by Crippen LogP contribution is -2.46. The molecule has 3 rings (SSSR count). The standard InChI is InChI=1S/C20H28N4O2.ClH/c1-14-8-9-19(26-2)18(12-14)24-11-10-16(23-24)20(25)22-17(13-21)15-6-4-3-5-7-15;/h8-12,15,17H,3-7,13,21H2,1-2H3,(H,22,25);1H. The first-order valence-electron chi connectivity index (χ1n) is 9.34. The monoisotopic (exact) mass is 392 g/mol. The molecule has 0 aliphatic heterocycles. The third kappa shape index (κ3) is 5.02. The molecule has 2 aromatic rings. The van der Waals surface area contributed by atoms with E-state index in [-0.39, 0.29) is 24.4 Å². The highest BCUT2D eigenvalue weighted by Crippen LogP contribution is 2.26. The normalized spacial score (nSPS) is 15.7. The minimum atomic E-state index is -0.170. The number of halogens is 1. The third-order valence-electron chi connectivity index (χ3n) is 5.19. The number of nitrogens with one attached hydrogen (secondary N) is 1. The Labute approximate surface area is 166 Å². The molecule has 1 aromatic heterocycles. The molecule has 6 nitrogen and oxygen atoms in total. The number of benzene rings is 1. The highest BCUT2D eigenvalue weighted by Gasteiger charge is 2.25. The van der Waals surface area contributed by atoms with Crippen LogP contribution in [0.25, 0.3) is 5.69 Å². The van der Waals surface area contributed by atoms with Crippen LogP contribution in [0.5, 0.6) is 5.75 Å². The van der Waals surface area contributed by atoms with Crippen molar-refractivity contribution in [2.45, 2.75) is 45.1 Å². The van der Waals surface area contributed by atoms with E-state index >= 15 is 0 Å². The van der Waals surface area contributed by atoms with E-state index in [4.69, 9.17) is 10.5 Å². The number of hydrogen-bond acceptors (Lipinski definition) is 4. The topological polar surface area (TPSA) is 82.2 Å². The number of carbonyl (C=O) groups excluding carboxylic acids is 1. The molecule has 0 spiro atoms. The van der Waals surface area contributed by atoms with Crippen molar-refractivity contribution in [1.29, 1.82) is 0 Å². The van der Waals surface area contributed by atoms with Crippen molar-refractivity contribution in [3.8, 4) is 11.4 Å². The van der Waals surface area contributed by atoms with Gasteiger partial charge in [-0.25, -0.2) is 4.68 Å². The van der Waals surface area contributed by atoms with Crippen LogP contribution in [-0.2, 0) is 0 Å². The molecule has 1 fully saturated rings. The Morgan fingerprint density at radius 2 is 2.07 bits per heavy atom. The van der Waals surface area contributed by atoms with E-state index < -0.39 is 0 Å². The molecule has 1 aliphatic rings. The fourth-order valence-electron chi connectivity index (χ4n) is 3.71. The Balaban J connectivity index is 0.00000261. The summed E-state index contributed by atoms with van der Waals surface area (Å²) in [6.45, 7) is 2.47. The minimum Gasteiger partial charge on any atom is -0.494 e. The summed E-state index contributed by atoms with van der Waals surface area (Å²) in [5, 5.41) is 7.53. The van der Waals surface area contributed by atoms with Crippen molar-refractivity contribution in [2.75, 3.05) is 13.7 Å². The highest BCUT2D eigenvalue weighted by molar-refractivity contribution is 5.92. The van der Waals surface area contributed by atoms with Gasteiger partial charge < -0.3 is 15.8 Å². The average molecular weight is 393 g/mol. The van der Waals surface area contributed by atoms with Crippen LogP contribution in [0.4, 0.5) is 0 Å². The smallest absolute Gasteiger partial charge is 0.272 e. The Kier molecular flexibility index (Phi) is 7.68. The number of aryl methyl sites for hydroxylation is 1. The number of rotatable bonds is 6. The van der Waals surface area contributed by atoms with Crippen LogP contribution in [0.1, 0.15) is 48.2 Å². The van der Waals surface area contributed by atoms with Gasteiger partial charge in [0.25, 0.3) is 5.91 Å². The molecule has 0 bridgehead atoms. The minimum absolute atomic E-state index is 0. The van der Waals surface area contributed by atoms with Crippen molar-refractivity contribution in [1.82, 2.24) is 15.1 Å². The first kappa shape index (κ1) is 21.3. The quantitative estimate of drug-likeness (QED) is 0.790. The van der Waals surface area contributed by atoms with Crippen molar-refractivity contribution < 1.29 is 9.53 Å². The number of hydrogen-bond donors (Lipinski definition) is 2. The molecular weight excluding hydrogens is 364 g/mol. The van der Waals surface area contributed by atoms with Gasteiger partial charge >= 0.3 is 0 Å². The molecule has 1 aromatic carbocycles. The van der Waals surface area contributed by atoms with Gasteiger partial charge in [-0.05, 0) is 49.4 Å². The maximum absolute atomic E-state index is 12.6. The van der Waals surface area contributed by atoms with Crippen molar-refractivity contribution in [3.63, 3.8) is 0 Å². The molecule has 1 atom stereocenters. The van der Waals surface area contributed by atoms with Gasteiger partial charge in [0.05, 0.1) is 7.11 Å². The lowest BCUT2D eigenvalue weighted by atomic mass is 9.84. The molecule has 1 saturated carbocycles. The zero-order valence-electron chi connectivity index (χ0n) is 16.0. The van der Waals surface area contributed by atoms with Crippen molar-refractivity contribution >= 4 is 18.3 Å². The number of amides is 1. The Hall–Kier alpha value is -2.05. The van der Waals surface area contributed by atoms with E-state index in [2.05, 4.69) is 10.4 Å². The summed E-state index contributed by atoms with van der Waals surface area (Å²) in [6.07, 6.45) is 7.78. The molecule has 1 heterocycles. The lowest BCUT2D eigenvalue weighted by molar-refractivity contribution is 0.0910. The molecule has 1 aliphatic carbocycles. The summed E-state index contributed by atoms with van der Waals surface area (Å²) in [7, 11) is 1.63. The number of nitrogens with two attached hydrogens (primary N) is 1. The number of carbonyl (C=O) groups is 1. The summed E-state index contributed by atoms with van der Waals surface area (Å²) in [5.41, 5.74) is 8.23. The number of aromatic nitrogens is 2. The second kappa shape index (κ2) is 9.76. The second-order valence-corrected chi connectivity index (χ2v) is 7.03. The zero-order chi connectivity index (χ0) is 18.5. The summed E-state index contributed by atoms with van der Waals surface area (Å²) >= 11 is 0. The van der Waals surface area contributed by atoms with Gasteiger partial charge in [0, 0.05) is 18.8 Å². The first-order chi connectivity index (χ1) is 12.6. The van der Waals surface area contributed by atoms with Crippen LogP contribution in [0, 0.1) is 12.8 Å². The fraction of sp³-hybridized carbons (Fsp3) is 0.500. The molecule has 0 saturated heterocycles. The van der Waals surface area contributed by atoms with Gasteiger partial charge in [-0.3, -0.25) is 4.79 Å². The second-order valence-electron chi connectivity index (χ2n) is 7.03. The molecule has 1 unspecified atom stereocenters. The maximum Gasteiger partial charge on any atom is 0.272 e. The Morgan fingerprint density at radius 1 is 1.33 bits per heavy atom. The molecule has 0 radical (unpaired) electrons. The van der Waals surface area contributed by atoms with E-state index in [1.807, 2.05) is 25.1 Å². The molecule has 1 amide bonds. The van der Waals surface area contributed by atoms with E-state index in [1.165, 1.54) is 19.3 Å². The first-order valence-corrected chi connectivity index (χ1v) is 9.34. The van der Waals surface area contributed by atoms with Gasteiger partial charge in [0.15, 0.2) is 5.69 Å². The molecule has 7 heteroatoms. The molecule has 27 heavy (non-hydrogen) atoms. The van der Waals surface area contributed by atoms with Crippen molar-refractivity contribution in [3.05, 3.63) is 41.7 Å². The number of ether oxygens (including phenoxy) is 1. The lowest BCUT2D eigenvalue weighted by Gasteiger charge is -2.29. The van der Waals surface area contributed by atoms with E-state index in [0.717, 1.165) is 24.1 Å². The van der Waals surface area contributed by atoms with Gasteiger partial charge in [0.1, 0.15) is 11.4 Å². The van der Waals surface area contributed by atoms with E-state index in [9.17, 15) is 4.79 Å². The molecule has 148 valence electrons. The number of methoxy groups -OCH3 is 1. The van der Waals surface area contributed by atoms with E-state index in [1.54, 1.807) is 24.1 Å². The summed E-state index contributed by atoms with van der Waals surface area (Å²) < 4.78 is 7.09. The van der Waals surface area contributed by atoms with Gasteiger partial charge in [0.2, 0.25) is 0 Å². The summed E-state index contributed by atoms with van der Waals surface area (Å²) in [4.78, 5) is 12.6. The Morgan fingerprint density at radius 3 is 2.74 bits per heavy atom. The average Bonchev–Trinajstić information content (AvgIpc) is 3.17. The van der Waals surface area contributed by atoms with Gasteiger partial charge in [-0.15, -0.1) is 12.4 Å². The van der Waals surface area contributed by atoms with Crippen LogP contribution in [-0.4, -0.2) is 35.4 Å². The van der Waals surface area contributed by atoms with Crippen LogP contribution >= 0.6 is 12.4 Å². The van der Waals surface area contributed by atoms with Crippen molar-refractivity contribution in [2.24, 2.45) is 11.7 Å². The predicted octanol–water partition coefficient (Wildman–Crippen LogP) is 3.25. The Bertz CT molecular complexity index is 756. The van der Waals surface area contributed by atoms with Crippen LogP contribution in [0.15, 0.2) is 30.5 Å². The SMILES string of the molecule is COc1ccc(C)cc1-n1ccc(C(=O)NC(CN)C2CCCCC2)n1.Cl. The zero-order valence-corrected chi connectivity index (χ0v) is 16.8. The van der Waals surface area contributed by atoms with E-state index in [0.29, 0.717) is 23.9 Å². The number of nitrogens with zero attached hydrogens (tertiary/aromatic N) is 2. The summed E-state index contributed by atoms with van der Waals surface area (Å²) in [6, 6.07) is 7.61. The maximum atomic E-state index is 12.6. The van der Waals surface area contributed by atoms with Crippen LogP contribution in [0.3, 0.4) is 0 Å². The molecule has 3 N–H and O–H groups in total. The third-order valence-corrected chi connectivity index (χ3v) is 5.19. The predicted molar refractivity (Wildman–Crippen MR) is 109 cm³/mol. The molecular formula is C20H29ClN4O2. The van der Waals surface area contributed by atoms with Gasteiger partial charge in [-0.1, -0.05) is 25.3 Å². The summed E-state index contributed by atoms with van der Waals surface area (Å²) in [5.74, 6) is 1.01. The van der Waals surface area contributed by atoms with Crippen LogP contribution < -0.4 is 15.8 Å². The highest BCUT2D eigenvalue weighted by atomic mass is 35.5.